The van der Waals surface area contributed by atoms with E-state index in [4.69, 9.17) is 0 Å². The molecule has 0 heterocycles. The Hall–Kier alpha value is -2.69. The number of carbonyl (C=O) groups is 2. The smallest absolute Gasteiger partial charge is 0.227 e. The third-order valence-electron chi connectivity index (χ3n) is 5.75. The highest BCUT2D eigenvalue weighted by Gasteiger charge is 2.30. The maximum absolute atomic E-state index is 12.9. The zero-order valence-electron chi connectivity index (χ0n) is 17.1. The van der Waals surface area contributed by atoms with Crippen LogP contribution in [0.2, 0.25) is 0 Å². The number of rotatable bonds is 6. The summed E-state index contributed by atoms with van der Waals surface area (Å²) in [6, 6.07) is 12.4. The first-order valence-corrected chi connectivity index (χ1v) is 10.3. The van der Waals surface area contributed by atoms with Crippen LogP contribution in [0.1, 0.15) is 42.4 Å². The number of hydrogen-bond acceptors (Lipinski definition) is 2. The second-order valence-corrected chi connectivity index (χ2v) is 8.02. The lowest BCUT2D eigenvalue weighted by molar-refractivity contribution is -0.128. The summed E-state index contributed by atoms with van der Waals surface area (Å²) in [4.78, 5) is 25.0. The first-order valence-electron chi connectivity index (χ1n) is 10.3. The van der Waals surface area contributed by atoms with Crippen LogP contribution in [0, 0.1) is 31.5 Å². The van der Waals surface area contributed by atoms with Crippen molar-refractivity contribution in [1.29, 1.82) is 0 Å². The van der Waals surface area contributed by atoms with Gasteiger partial charge in [0.2, 0.25) is 11.8 Å². The quantitative estimate of drug-likeness (QED) is 0.753. The van der Waals surface area contributed by atoms with Gasteiger partial charge in [0.15, 0.2) is 0 Å². The van der Waals surface area contributed by atoms with E-state index in [0.29, 0.717) is 13.0 Å². The van der Waals surface area contributed by atoms with E-state index < -0.39 is 0 Å². The van der Waals surface area contributed by atoms with Crippen molar-refractivity contribution in [1.82, 2.24) is 5.32 Å². The first kappa shape index (κ1) is 21.0. The Labute approximate surface area is 171 Å². The fourth-order valence-electron chi connectivity index (χ4n) is 3.85. The molecule has 5 heteroatoms. The van der Waals surface area contributed by atoms with E-state index in [1.54, 1.807) is 12.1 Å². The van der Waals surface area contributed by atoms with E-state index in [2.05, 4.69) is 10.6 Å². The predicted molar refractivity (Wildman–Crippen MR) is 113 cm³/mol. The molecule has 0 spiro atoms. The SMILES string of the molecule is Cc1ccc(C)c(NC(=O)C2CCC(C(=O)NCCc3ccc(F)cc3)CC2)c1. The lowest BCUT2D eigenvalue weighted by atomic mass is 9.81. The van der Waals surface area contributed by atoms with Crippen molar-refractivity contribution in [2.75, 3.05) is 11.9 Å². The van der Waals surface area contributed by atoms with Gasteiger partial charge in [0.05, 0.1) is 0 Å². The number of hydrogen-bond donors (Lipinski definition) is 2. The number of anilines is 1. The van der Waals surface area contributed by atoms with Crippen molar-refractivity contribution in [3.05, 3.63) is 65.0 Å². The minimum absolute atomic E-state index is 0.0343. The van der Waals surface area contributed by atoms with Gasteiger partial charge in [0.25, 0.3) is 0 Å². The van der Waals surface area contributed by atoms with Gasteiger partial charge in [-0.25, -0.2) is 4.39 Å². The number of aryl methyl sites for hydroxylation is 2. The van der Waals surface area contributed by atoms with Crippen LogP contribution in [0.5, 0.6) is 0 Å². The molecule has 1 aliphatic carbocycles. The van der Waals surface area contributed by atoms with Crippen LogP contribution in [0.25, 0.3) is 0 Å². The Morgan fingerprint density at radius 2 is 1.55 bits per heavy atom. The van der Waals surface area contributed by atoms with Crippen LogP contribution in [-0.4, -0.2) is 18.4 Å². The highest BCUT2D eigenvalue weighted by molar-refractivity contribution is 5.93. The third kappa shape index (κ3) is 5.89. The largest absolute Gasteiger partial charge is 0.356 e. The Balaban J connectivity index is 1.42. The molecule has 2 amide bonds. The lowest BCUT2D eigenvalue weighted by Crippen LogP contribution is -2.36. The molecule has 2 N–H and O–H groups in total. The Morgan fingerprint density at radius 3 is 2.21 bits per heavy atom. The second-order valence-electron chi connectivity index (χ2n) is 8.02. The van der Waals surface area contributed by atoms with Crippen LogP contribution in [0.4, 0.5) is 10.1 Å². The number of halogens is 1. The predicted octanol–water partition coefficient (Wildman–Crippen LogP) is 4.55. The van der Waals surface area contributed by atoms with Crippen LogP contribution in [0.3, 0.4) is 0 Å². The van der Waals surface area contributed by atoms with Gasteiger partial charge in [-0.1, -0.05) is 24.3 Å². The summed E-state index contributed by atoms with van der Waals surface area (Å²) >= 11 is 0. The zero-order valence-corrected chi connectivity index (χ0v) is 17.1. The summed E-state index contributed by atoms with van der Waals surface area (Å²) in [6.45, 7) is 4.54. The fraction of sp³-hybridized carbons (Fsp3) is 0.417. The van der Waals surface area contributed by atoms with Crippen LogP contribution in [0.15, 0.2) is 42.5 Å². The minimum Gasteiger partial charge on any atom is -0.356 e. The van der Waals surface area contributed by atoms with E-state index in [9.17, 15) is 14.0 Å². The molecule has 1 fully saturated rings. The Morgan fingerprint density at radius 1 is 0.931 bits per heavy atom. The Bertz CT molecular complexity index is 856. The maximum Gasteiger partial charge on any atom is 0.227 e. The highest BCUT2D eigenvalue weighted by atomic mass is 19.1. The molecule has 0 bridgehead atoms. The molecule has 2 aromatic rings. The van der Waals surface area contributed by atoms with Gasteiger partial charge in [0.1, 0.15) is 5.82 Å². The summed E-state index contributed by atoms with van der Waals surface area (Å²) < 4.78 is 12.9. The summed E-state index contributed by atoms with van der Waals surface area (Å²) in [5.74, 6) is -0.225. The average Bonchev–Trinajstić information content (AvgIpc) is 2.72. The summed E-state index contributed by atoms with van der Waals surface area (Å²) in [7, 11) is 0. The van der Waals surface area contributed by atoms with Crippen molar-refractivity contribution in [3.63, 3.8) is 0 Å². The summed E-state index contributed by atoms with van der Waals surface area (Å²) in [6.07, 6.45) is 3.60. The van der Waals surface area contributed by atoms with E-state index in [-0.39, 0.29) is 29.5 Å². The fourth-order valence-corrected chi connectivity index (χ4v) is 3.85. The number of amides is 2. The van der Waals surface area contributed by atoms with Crippen molar-refractivity contribution >= 4 is 17.5 Å². The first-order chi connectivity index (χ1) is 13.9. The standard InChI is InChI=1S/C24H29FN2O2/c1-16-3-4-17(2)22(15-16)27-24(29)20-9-7-19(8-10-20)23(28)26-14-13-18-5-11-21(25)12-6-18/h3-6,11-12,15,19-20H,7-10,13-14H2,1-2H3,(H,26,28)(H,27,29). The molecule has 154 valence electrons. The molecular formula is C24H29FN2O2. The van der Waals surface area contributed by atoms with Gasteiger partial charge in [0, 0.05) is 24.1 Å². The van der Waals surface area contributed by atoms with E-state index >= 15 is 0 Å². The molecule has 0 saturated heterocycles. The molecular weight excluding hydrogens is 367 g/mol. The van der Waals surface area contributed by atoms with Crippen molar-refractivity contribution in [3.8, 4) is 0 Å². The third-order valence-corrected chi connectivity index (χ3v) is 5.75. The number of carbonyl (C=O) groups excluding carboxylic acids is 2. The molecule has 0 atom stereocenters. The lowest BCUT2D eigenvalue weighted by Gasteiger charge is -2.27. The molecule has 0 unspecified atom stereocenters. The van der Waals surface area contributed by atoms with Gasteiger partial charge >= 0.3 is 0 Å². The highest BCUT2D eigenvalue weighted by Crippen LogP contribution is 2.30. The molecule has 0 aromatic heterocycles. The summed E-state index contributed by atoms with van der Waals surface area (Å²) in [5, 5.41) is 6.03. The van der Waals surface area contributed by atoms with Crippen LogP contribution >= 0.6 is 0 Å². The summed E-state index contributed by atoms with van der Waals surface area (Å²) in [5.41, 5.74) is 4.04. The van der Waals surface area contributed by atoms with E-state index in [0.717, 1.165) is 48.1 Å². The monoisotopic (exact) mass is 396 g/mol. The topological polar surface area (TPSA) is 58.2 Å². The van der Waals surface area contributed by atoms with Gasteiger partial charge < -0.3 is 10.6 Å². The maximum atomic E-state index is 12.9. The van der Waals surface area contributed by atoms with Crippen molar-refractivity contribution in [2.24, 2.45) is 11.8 Å². The molecule has 1 aliphatic rings. The second kappa shape index (κ2) is 9.68. The average molecular weight is 397 g/mol. The van der Waals surface area contributed by atoms with Gasteiger partial charge in [-0.2, -0.15) is 0 Å². The van der Waals surface area contributed by atoms with Crippen LogP contribution in [-0.2, 0) is 16.0 Å². The molecule has 3 rings (SSSR count). The Kier molecular flexibility index (Phi) is 7.02. The zero-order chi connectivity index (χ0) is 20.8. The molecule has 1 saturated carbocycles. The molecule has 4 nitrogen and oxygen atoms in total. The van der Waals surface area contributed by atoms with E-state index in [1.165, 1.54) is 12.1 Å². The number of benzene rings is 2. The minimum atomic E-state index is -0.254. The van der Waals surface area contributed by atoms with Crippen LogP contribution < -0.4 is 10.6 Å². The molecule has 0 aliphatic heterocycles. The normalized spacial score (nSPS) is 18.9. The van der Waals surface area contributed by atoms with Crippen molar-refractivity contribution < 1.29 is 14.0 Å². The molecule has 29 heavy (non-hydrogen) atoms. The van der Waals surface area contributed by atoms with Gasteiger partial charge in [-0.05, 0) is 80.8 Å². The number of nitrogens with one attached hydrogen (secondary N) is 2. The van der Waals surface area contributed by atoms with E-state index in [1.807, 2.05) is 32.0 Å². The van der Waals surface area contributed by atoms with Gasteiger partial charge in [-0.3, -0.25) is 9.59 Å². The molecule has 0 radical (unpaired) electrons. The van der Waals surface area contributed by atoms with Crippen molar-refractivity contribution in [2.45, 2.75) is 46.0 Å². The van der Waals surface area contributed by atoms with Gasteiger partial charge in [-0.15, -0.1) is 0 Å². The molecule has 2 aromatic carbocycles.